The number of hydrogen-bond acceptors (Lipinski definition) is 5. The molecule has 0 bridgehead atoms. The van der Waals surface area contributed by atoms with Gasteiger partial charge >= 0.3 is 0 Å². The van der Waals surface area contributed by atoms with Gasteiger partial charge in [-0.1, -0.05) is 12.1 Å². The predicted octanol–water partition coefficient (Wildman–Crippen LogP) is 3.49. The van der Waals surface area contributed by atoms with Crippen molar-refractivity contribution in [2.75, 3.05) is 14.2 Å². The molecule has 3 rings (SSSR count). The summed E-state index contributed by atoms with van der Waals surface area (Å²) in [5.41, 5.74) is 3.56. The molecule has 0 aliphatic carbocycles. The van der Waals surface area contributed by atoms with Crippen molar-refractivity contribution in [2.24, 2.45) is 0 Å². The molecule has 0 aliphatic heterocycles. The number of rotatable bonds is 7. The molecule has 0 fully saturated rings. The van der Waals surface area contributed by atoms with Gasteiger partial charge in [0.2, 0.25) is 5.91 Å². The molecule has 2 heterocycles. The van der Waals surface area contributed by atoms with E-state index in [0.717, 1.165) is 22.4 Å². The molecule has 3 aromatic rings. The van der Waals surface area contributed by atoms with E-state index in [9.17, 15) is 4.79 Å². The first-order valence-electron chi connectivity index (χ1n) is 8.73. The second-order valence-electron chi connectivity index (χ2n) is 5.96. The Bertz CT molecular complexity index is 955. The van der Waals surface area contributed by atoms with Crippen LogP contribution in [0, 0.1) is 0 Å². The molecule has 0 spiro atoms. The summed E-state index contributed by atoms with van der Waals surface area (Å²) in [6.07, 6.45) is 8.45. The van der Waals surface area contributed by atoms with Crippen LogP contribution in [0.4, 0.5) is 0 Å². The van der Waals surface area contributed by atoms with E-state index in [1.807, 2.05) is 36.4 Å². The molecule has 0 radical (unpaired) electrons. The summed E-state index contributed by atoms with van der Waals surface area (Å²) in [4.78, 5) is 20.6. The number of nitrogens with one attached hydrogen (secondary N) is 1. The van der Waals surface area contributed by atoms with Crippen molar-refractivity contribution in [2.45, 2.75) is 6.54 Å². The number of nitrogens with zero attached hydrogens (tertiary/aromatic N) is 2. The maximum atomic E-state index is 12.1. The van der Waals surface area contributed by atoms with Crippen LogP contribution in [-0.4, -0.2) is 30.1 Å². The van der Waals surface area contributed by atoms with Gasteiger partial charge in [0.05, 0.1) is 19.9 Å². The molecule has 1 N–H and O–H groups in total. The van der Waals surface area contributed by atoms with Gasteiger partial charge in [0, 0.05) is 36.8 Å². The minimum absolute atomic E-state index is 0.189. The maximum absolute atomic E-state index is 12.1. The van der Waals surface area contributed by atoms with Gasteiger partial charge in [-0.05, 0) is 47.5 Å². The standard InChI is InChI=1S/C22H21N3O3/c1-27-20-9-6-16(12-21(20)28-2)7-10-22(26)25-14-17-5-8-19(24-13-17)18-4-3-11-23-15-18/h3-13,15H,14H2,1-2H3,(H,25,26)/b10-7+. The van der Waals surface area contributed by atoms with Gasteiger partial charge in [-0.2, -0.15) is 0 Å². The third kappa shape index (κ3) is 4.94. The molecule has 142 valence electrons. The van der Waals surface area contributed by atoms with Crippen molar-refractivity contribution in [1.82, 2.24) is 15.3 Å². The van der Waals surface area contributed by atoms with Crippen molar-refractivity contribution >= 4 is 12.0 Å². The quantitative estimate of drug-likeness (QED) is 0.640. The molecule has 2 aromatic heterocycles. The second-order valence-corrected chi connectivity index (χ2v) is 5.96. The summed E-state index contributed by atoms with van der Waals surface area (Å²) < 4.78 is 10.5. The summed E-state index contributed by atoms with van der Waals surface area (Å²) in [5, 5.41) is 2.85. The number of aromatic nitrogens is 2. The fourth-order valence-electron chi connectivity index (χ4n) is 2.59. The average Bonchev–Trinajstić information content (AvgIpc) is 2.77. The van der Waals surface area contributed by atoms with Gasteiger partial charge in [-0.15, -0.1) is 0 Å². The third-order valence-corrected chi connectivity index (χ3v) is 4.08. The average molecular weight is 375 g/mol. The number of methoxy groups -OCH3 is 2. The SMILES string of the molecule is COc1ccc(/C=C/C(=O)NCc2ccc(-c3cccnc3)nc2)cc1OC. The Balaban J connectivity index is 1.56. The summed E-state index contributed by atoms with van der Waals surface area (Å²) in [5.74, 6) is 1.07. The lowest BCUT2D eigenvalue weighted by atomic mass is 10.1. The fraction of sp³-hybridized carbons (Fsp3) is 0.136. The Labute approximate surface area is 163 Å². The number of benzene rings is 1. The summed E-state index contributed by atoms with van der Waals surface area (Å²) in [6.45, 7) is 0.398. The molecule has 0 saturated heterocycles. The Morgan fingerprint density at radius 3 is 2.61 bits per heavy atom. The highest BCUT2D eigenvalue weighted by molar-refractivity contribution is 5.91. The van der Waals surface area contributed by atoms with Gasteiger partial charge in [0.1, 0.15) is 0 Å². The number of pyridine rings is 2. The fourth-order valence-corrected chi connectivity index (χ4v) is 2.59. The molecular weight excluding hydrogens is 354 g/mol. The molecule has 6 nitrogen and oxygen atoms in total. The van der Waals surface area contributed by atoms with Crippen LogP contribution in [0.3, 0.4) is 0 Å². The highest BCUT2D eigenvalue weighted by Gasteiger charge is 2.04. The first-order valence-corrected chi connectivity index (χ1v) is 8.73. The number of ether oxygens (including phenoxy) is 2. The molecule has 0 saturated carbocycles. The van der Waals surface area contributed by atoms with E-state index in [1.54, 1.807) is 45.0 Å². The number of hydrogen-bond donors (Lipinski definition) is 1. The smallest absolute Gasteiger partial charge is 0.244 e. The minimum atomic E-state index is -0.189. The predicted molar refractivity (Wildman–Crippen MR) is 108 cm³/mol. The van der Waals surface area contributed by atoms with Crippen LogP contribution in [0.5, 0.6) is 11.5 Å². The Morgan fingerprint density at radius 1 is 1.07 bits per heavy atom. The van der Waals surface area contributed by atoms with Gasteiger partial charge in [-0.25, -0.2) is 0 Å². The normalized spacial score (nSPS) is 10.6. The van der Waals surface area contributed by atoms with E-state index < -0.39 is 0 Å². The van der Waals surface area contributed by atoms with Crippen LogP contribution in [0.1, 0.15) is 11.1 Å². The van der Waals surface area contributed by atoms with Crippen molar-refractivity contribution in [3.8, 4) is 22.8 Å². The highest BCUT2D eigenvalue weighted by Crippen LogP contribution is 2.27. The van der Waals surface area contributed by atoms with Crippen molar-refractivity contribution < 1.29 is 14.3 Å². The Morgan fingerprint density at radius 2 is 1.93 bits per heavy atom. The highest BCUT2D eigenvalue weighted by atomic mass is 16.5. The van der Waals surface area contributed by atoms with Crippen LogP contribution < -0.4 is 14.8 Å². The molecule has 6 heteroatoms. The number of carbonyl (C=O) groups is 1. The number of carbonyl (C=O) groups excluding carboxylic acids is 1. The molecule has 1 aromatic carbocycles. The Hall–Kier alpha value is -3.67. The van der Waals surface area contributed by atoms with Crippen molar-refractivity contribution in [1.29, 1.82) is 0 Å². The second kappa shape index (κ2) is 9.32. The van der Waals surface area contributed by atoms with E-state index in [1.165, 1.54) is 6.08 Å². The van der Waals surface area contributed by atoms with Crippen LogP contribution in [0.25, 0.3) is 17.3 Å². The van der Waals surface area contributed by atoms with Crippen LogP contribution >= 0.6 is 0 Å². The van der Waals surface area contributed by atoms with E-state index >= 15 is 0 Å². The lowest BCUT2D eigenvalue weighted by Gasteiger charge is -2.07. The first kappa shape index (κ1) is 19.1. The lowest BCUT2D eigenvalue weighted by Crippen LogP contribution is -2.20. The van der Waals surface area contributed by atoms with Crippen LogP contribution in [0.2, 0.25) is 0 Å². The van der Waals surface area contributed by atoms with Gasteiger partial charge < -0.3 is 14.8 Å². The minimum Gasteiger partial charge on any atom is -0.493 e. The van der Waals surface area contributed by atoms with Gasteiger partial charge in [0.15, 0.2) is 11.5 Å². The monoisotopic (exact) mass is 375 g/mol. The maximum Gasteiger partial charge on any atom is 0.244 e. The van der Waals surface area contributed by atoms with Crippen LogP contribution in [0.15, 0.2) is 67.1 Å². The van der Waals surface area contributed by atoms with E-state index in [-0.39, 0.29) is 5.91 Å². The van der Waals surface area contributed by atoms with Crippen molar-refractivity contribution in [3.63, 3.8) is 0 Å². The zero-order valence-electron chi connectivity index (χ0n) is 15.8. The van der Waals surface area contributed by atoms with Gasteiger partial charge in [-0.3, -0.25) is 14.8 Å². The number of amides is 1. The molecular formula is C22H21N3O3. The lowest BCUT2D eigenvalue weighted by molar-refractivity contribution is -0.116. The largest absolute Gasteiger partial charge is 0.493 e. The zero-order chi connectivity index (χ0) is 19.8. The first-order chi connectivity index (χ1) is 13.7. The molecule has 0 aliphatic rings. The summed E-state index contributed by atoms with van der Waals surface area (Å²) in [7, 11) is 3.16. The Kier molecular flexibility index (Phi) is 6.36. The zero-order valence-corrected chi connectivity index (χ0v) is 15.8. The third-order valence-electron chi connectivity index (χ3n) is 4.08. The van der Waals surface area contributed by atoms with E-state index in [4.69, 9.17) is 9.47 Å². The summed E-state index contributed by atoms with van der Waals surface area (Å²) >= 11 is 0. The summed E-state index contributed by atoms with van der Waals surface area (Å²) in [6, 6.07) is 13.1. The molecule has 0 unspecified atom stereocenters. The topological polar surface area (TPSA) is 73.3 Å². The van der Waals surface area contributed by atoms with E-state index in [0.29, 0.717) is 18.0 Å². The van der Waals surface area contributed by atoms with Gasteiger partial charge in [0.25, 0.3) is 0 Å². The van der Waals surface area contributed by atoms with Crippen LogP contribution in [-0.2, 0) is 11.3 Å². The van der Waals surface area contributed by atoms with Crippen molar-refractivity contribution in [3.05, 3.63) is 78.3 Å². The molecule has 1 amide bonds. The van der Waals surface area contributed by atoms with E-state index in [2.05, 4.69) is 15.3 Å². The molecule has 0 atom stereocenters. The molecule has 28 heavy (non-hydrogen) atoms.